The second kappa shape index (κ2) is 4.48. The number of aromatic nitrogens is 3. The largest absolute Gasteiger partial charge is 0.441 e. The molecule has 0 aliphatic heterocycles. The van der Waals surface area contributed by atoms with E-state index in [1.807, 2.05) is 13.0 Å². The minimum Gasteiger partial charge on any atom is -0.441 e. The van der Waals surface area contributed by atoms with Crippen molar-refractivity contribution in [2.75, 3.05) is 5.32 Å². The highest BCUT2D eigenvalue weighted by Crippen LogP contribution is 2.20. The Bertz CT molecular complexity index is 801. The average Bonchev–Trinajstić information content (AvgIpc) is 2.90. The zero-order valence-corrected chi connectivity index (χ0v) is 11.5. The van der Waals surface area contributed by atoms with Gasteiger partial charge >= 0.3 is 0 Å². The molecule has 3 aromatic rings. The van der Waals surface area contributed by atoms with E-state index in [1.165, 1.54) is 0 Å². The number of carbonyl (C=O) groups is 1. The normalized spacial score (nSPS) is 10.9. The summed E-state index contributed by atoms with van der Waals surface area (Å²) >= 11 is 0. The van der Waals surface area contributed by atoms with Gasteiger partial charge < -0.3 is 9.73 Å². The Kier molecular flexibility index (Phi) is 2.78. The third-order valence-corrected chi connectivity index (χ3v) is 2.99. The van der Waals surface area contributed by atoms with Gasteiger partial charge in [0.15, 0.2) is 11.5 Å². The molecule has 0 aliphatic carbocycles. The molecule has 3 rings (SSSR count). The van der Waals surface area contributed by atoms with E-state index >= 15 is 0 Å². The lowest BCUT2D eigenvalue weighted by molar-refractivity contribution is 0.101. The van der Waals surface area contributed by atoms with E-state index in [0.717, 1.165) is 11.2 Å². The molecule has 0 atom stereocenters. The fourth-order valence-electron chi connectivity index (χ4n) is 2.14. The van der Waals surface area contributed by atoms with Gasteiger partial charge in [0, 0.05) is 25.7 Å². The molecule has 0 radical (unpaired) electrons. The van der Waals surface area contributed by atoms with Gasteiger partial charge in [-0.1, -0.05) is 0 Å². The summed E-state index contributed by atoms with van der Waals surface area (Å²) < 4.78 is 7.00. The predicted molar refractivity (Wildman–Crippen MR) is 74.6 cm³/mol. The number of oxazole rings is 1. The van der Waals surface area contributed by atoms with Gasteiger partial charge in [0.1, 0.15) is 11.2 Å². The Hall–Kier alpha value is -2.63. The van der Waals surface area contributed by atoms with Crippen molar-refractivity contribution in [3.63, 3.8) is 0 Å². The van der Waals surface area contributed by atoms with E-state index in [1.54, 1.807) is 36.9 Å². The minimum atomic E-state index is -0.205. The third-order valence-electron chi connectivity index (χ3n) is 2.99. The molecule has 102 valence electrons. The molecule has 1 N–H and O–H groups in total. The summed E-state index contributed by atoms with van der Waals surface area (Å²) in [4.78, 5) is 16.4. The lowest BCUT2D eigenvalue weighted by Gasteiger charge is -2.04. The summed E-state index contributed by atoms with van der Waals surface area (Å²) in [5.74, 6) is 0.398. The highest BCUT2D eigenvalue weighted by Gasteiger charge is 2.12. The van der Waals surface area contributed by atoms with Crippen molar-refractivity contribution in [1.29, 1.82) is 0 Å². The monoisotopic (exact) mass is 270 g/mol. The molecule has 6 heteroatoms. The van der Waals surface area contributed by atoms with Crippen molar-refractivity contribution < 1.29 is 9.21 Å². The van der Waals surface area contributed by atoms with Crippen LogP contribution in [0.5, 0.6) is 0 Å². The topological polar surface area (TPSA) is 73.0 Å². The van der Waals surface area contributed by atoms with Crippen molar-refractivity contribution in [2.45, 2.75) is 13.8 Å². The second-order valence-corrected chi connectivity index (χ2v) is 4.66. The number of hydrogen-bond donors (Lipinski definition) is 1. The second-order valence-electron chi connectivity index (χ2n) is 4.66. The molecule has 0 saturated heterocycles. The Morgan fingerprint density at radius 3 is 2.80 bits per heavy atom. The Balaban J connectivity index is 1.88. The number of carbonyl (C=O) groups excluding carboxylic acids is 1. The summed E-state index contributed by atoms with van der Waals surface area (Å²) in [5.41, 5.74) is 3.41. The van der Waals surface area contributed by atoms with Gasteiger partial charge in [-0.05, 0) is 25.1 Å². The van der Waals surface area contributed by atoms with Gasteiger partial charge in [0.2, 0.25) is 0 Å². The van der Waals surface area contributed by atoms with E-state index in [-0.39, 0.29) is 5.91 Å². The molecule has 20 heavy (non-hydrogen) atoms. The number of aryl methyl sites for hydroxylation is 3. The molecule has 0 spiro atoms. The zero-order valence-electron chi connectivity index (χ0n) is 11.5. The maximum Gasteiger partial charge on any atom is 0.273 e. The molecular weight excluding hydrogens is 256 g/mol. The quantitative estimate of drug-likeness (QED) is 0.776. The van der Waals surface area contributed by atoms with Crippen LogP contribution in [-0.2, 0) is 7.05 Å². The zero-order chi connectivity index (χ0) is 14.3. The summed E-state index contributed by atoms with van der Waals surface area (Å²) in [6, 6.07) is 7.12. The van der Waals surface area contributed by atoms with Crippen LogP contribution in [0.3, 0.4) is 0 Å². The van der Waals surface area contributed by atoms with Crippen LogP contribution in [0, 0.1) is 13.8 Å². The fraction of sp³-hybridized carbons (Fsp3) is 0.214. The number of nitrogens with zero attached hydrogens (tertiary/aromatic N) is 3. The molecule has 1 amide bonds. The molecule has 0 bridgehead atoms. The Labute approximate surface area is 115 Å². The number of fused-ring (bicyclic) bond motifs is 1. The van der Waals surface area contributed by atoms with Crippen molar-refractivity contribution in [3.8, 4) is 0 Å². The van der Waals surface area contributed by atoms with Crippen LogP contribution in [0.25, 0.3) is 11.1 Å². The molecule has 2 heterocycles. The summed E-state index contributed by atoms with van der Waals surface area (Å²) in [6.07, 6.45) is 0. The summed E-state index contributed by atoms with van der Waals surface area (Å²) in [7, 11) is 1.74. The summed E-state index contributed by atoms with van der Waals surface area (Å²) in [5, 5.41) is 6.98. The minimum absolute atomic E-state index is 0.205. The number of benzene rings is 1. The van der Waals surface area contributed by atoms with Crippen molar-refractivity contribution in [3.05, 3.63) is 41.5 Å². The number of hydrogen-bond acceptors (Lipinski definition) is 4. The number of amides is 1. The van der Waals surface area contributed by atoms with E-state index in [2.05, 4.69) is 15.4 Å². The first-order valence-electron chi connectivity index (χ1n) is 6.22. The van der Waals surface area contributed by atoms with Crippen molar-refractivity contribution in [2.24, 2.45) is 7.05 Å². The van der Waals surface area contributed by atoms with E-state index < -0.39 is 0 Å². The molecular formula is C14H14N4O2. The molecule has 6 nitrogen and oxygen atoms in total. The number of nitrogens with one attached hydrogen (secondary N) is 1. The van der Waals surface area contributed by atoms with Gasteiger partial charge in [-0.2, -0.15) is 5.10 Å². The van der Waals surface area contributed by atoms with E-state index in [9.17, 15) is 4.79 Å². The molecule has 2 aromatic heterocycles. The van der Waals surface area contributed by atoms with Gasteiger partial charge in [0.05, 0.1) is 5.69 Å². The van der Waals surface area contributed by atoms with Crippen LogP contribution in [0.1, 0.15) is 22.1 Å². The van der Waals surface area contributed by atoms with Crippen LogP contribution in [0.15, 0.2) is 28.7 Å². The Morgan fingerprint density at radius 2 is 2.10 bits per heavy atom. The lowest BCUT2D eigenvalue weighted by atomic mass is 10.2. The van der Waals surface area contributed by atoms with Gasteiger partial charge in [-0.15, -0.1) is 0 Å². The number of rotatable bonds is 2. The number of anilines is 1. The molecule has 0 fully saturated rings. The predicted octanol–water partition coefficient (Wildman–Crippen LogP) is 2.43. The first-order valence-corrected chi connectivity index (χ1v) is 6.22. The fourth-order valence-corrected chi connectivity index (χ4v) is 2.14. The first kappa shape index (κ1) is 12.4. The first-order chi connectivity index (χ1) is 9.52. The maximum absolute atomic E-state index is 12.2. The van der Waals surface area contributed by atoms with Gasteiger partial charge in [0.25, 0.3) is 5.91 Å². The lowest BCUT2D eigenvalue weighted by Crippen LogP contribution is -2.15. The van der Waals surface area contributed by atoms with Crippen LogP contribution in [0.4, 0.5) is 5.69 Å². The highest BCUT2D eigenvalue weighted by atomic mass is 16.3. The SMILES string of the molecule is Cc1cc(C(=O)Nc2ccc3nc(C)oc3c2)n(C)n1. The van der Waals surface area contributed by atoms with Crippen molar-refractivity contribution in [1.82, 2.24) is 14.8 Å². The van der Waals surface area contributed by atoms with Crippen molar-refractivity contribution >= 4 is 22.7 Å². The van der Waals surface area contributed by atoms with Crippen LogP contribution in [0.2, 0.25) is 0 Å². The highest BCUT2D eigenvalue weighted by molar-refractivity contribution is 6.03. The van der Waals surface area contributed by atoms with E-state index in [4.69, 9.17) is 4.42 Å². The molecule has 1 aromatic carbocycles. The standard InChI is InChI=1S/C14H14N4O2/c1-8-6-12(18(3)17-8)14(19)16-10-4-5-11-13(7-10)20-9(2)15-11/h4-7H,1-3H3,(H,16,19). The summed E-state index contributed by atoms with van der Waals surface area (Å²) in [6.45, 7) is 3.64. The van der Waals surface area contributed by atoms with Crippen LogP contribution < -0.4 is 5.32 Å². The molecule has 0 aliphatic rings. The van der Waals surface area contributed by atoms with Crippen LogP contribution >= 0.6 is 0 Å². The smallest absolute Gasteiger partial charge is 0.273 e. The molecule has 0 saturated carbocycles. The molecule has 0 unspecified atom stereocenters. The van der Waals surface area contributed by atoms with E-state index in [0.29, 0.717) is 22.9 Å². The maximum atomic E-state index is 12.2. The van der Waals surface area contributed by atoms with Crippen LogP contribution in [-0.4, -0.2) is 20.7 Å². The van der Waals surface area contributed by atoms with Gasteiger partial charge in [-0.25, -0.2) is 4.98 Å². The Morgan fingerprint density at radius 1 is 1.30 bits per heavy atom. The third kappa shape index (κ3) is 2.16. The van der Waals surface area contributed by atoms with Gasteiger partial charge in [-0.3, -0.25) is 9.48 Å². The average molecular weight is 270 g/mol.